The molecule has 1 aromatic carbocycles. The van der Waals surface area contributed by atoms with E-state index in [0.29, 0.717) is 5.69 Å². The molecule has 3 nitrogen and oxygen atoms in total. The van der Waals surface area contributed by atoms with Crippen LogP contribution < -0.4 is 5.73 Å². The molecule has 0 amide bonds. The summed E-state index contributed by atoms with van der Waals surface area (Å²) in [6, 6.07) is 12.1. The van der Waals surface area contributed by atoms with Crippen LogP contribution in [0.25, 0.3) is 11.3 Å². The van der Waals surface area contributed by atoms with E-state index in [2.05, 4.69) is 29.2 Å². The molecule has 88 valence electrons. The van der Waals surface area contributed by atoms with E-state index in [1.807, 2.05) is 12.1 Å². The third-order valence-corrected chi connectivity index (χ3v) is 2.63. The molecule has 0 aliphatic heterocycles. The molecule has 17 heavy (non-hydrogen) atoms. The average molecular weight is 228 g/mol. The summed E-state index contributed by atoms with van der Waals surface area (Å²) in [7, 11) is 1.71. The van der Waals surface area contributed by atoms with Gasteiger partial charge in [-0.25, -0.2) is 0 Å². The summed E-state index contributed by atoms with van der Waals surface area (Å²) in [6.45, 7) is 0.749. The van der Waals surface area contributed by atoms with Crippen LogP contribution in [0.1, 0.15) is 5.56 Å². The van der Waals surface area contributed by atoms with Gasteiger partial charge in [-0.15, -0.1) is 0 Å². The van der Waals surface area contributed by atoms with E-state index < -0.39 is 0 Å². The normalized spacial score (nSPS) is 10.4. The summed E-state index contributed by atoms with van der Waals surface area (Å²) >= 11 is 0. The van der Waals surface area contributed by atoms with Crippen molar-refractivity contribution >= 4 is 5.69 Å². The molecule has 2 aromatic rings. The first-order chi connectivity index (χ1) is 8.29. The van der Waals surface area contributed by atoms with Gasteiger partial charge in [0.05, 0.1) is 24.2 Å². The third kappa shape index (κ3) is 3.04. The standard InChI is InChI=1S/C14H16N2O/c1-17-9-8-11-2-4-12(5-3-11)14-7-6-13(15)10-16-14/h2-7,10H,8-9,15H2,1H3. The van der Waals surface area contributed by atoms with E-state index in [9.17, 15) is 0 Å². The number of hydrogen-bond acceptors (Lipinski definition) is 3. The van der Waals surface area contributed by atoms with Gasteiger partial charge >= 0.3 is 0 Å². The Morgan fingerprint density at radius 3 is 2.47 bits per heavy atom. The maximum Gasteiger partial charge on any atom is 0.0703 e. The Morgan fingerprint density at radius 1 is 1.12 bits per heavy atom. The van der Waals surface area contributed by atoms with Gasteiger partial charge in [-0.3, -0.25) is 4.98 Å². The van der Waals surface area contributed by atoms with E-state index in [0.717, 1.165) is 24.3 Å². The topological polar surface area (TPSA) is 48.1 Å². The zero-order valence-electron chi connectivity index (χ0n) is 9.89. The fraction of sp³-hybridized carbons (Fsp3) is 0.214. The van der Waals surface area contributed by atoms with Gasteiger partial charge < -0.3 is 10.5 Å². The average Bonchev–Trinajstić information content (AvgIpc) is 2.38. The van der Waals surface area contributed by atoms with Gasteiger partial charge in [-0.05, 0) is 24.1 Å². The molecule has 0 radical (unpaired) electrons. The highest BCUT2D eigenvalue weighted by atomic mass is 16.5. The van der Waals surface area contributed by atoms with Crippen molar-refractivity contribution in [2.24, 2.45) is 0 Å². The Labute approximate surface area is 101 Å². The molecule has 0 aliphatic rings. The van der Waals surface area contributed by atoms with E-state index >= 15 is 0 Å². The second-order valence-electron chi connectivity index (χ2n) is 3.92. The number of nitrogens with two attached hydrogens (primary N) is 1. The van der Waals surface area contributed by atoms with Crippen molar-refractivity contribution in [2.75, 3.05) is 19.5 Å². The Hall–Kier alpha value is -1.87. The predicted molar refractivity (Wildman–Crippen MR) is 69.7 cm³/mol. The maximum atomic E-state index is 5.61. The Bertz CT molecular complexity index is 463. The van der Waals surface area contributed by atoms with Gasteiger partial charge in [-0.1, -0.05) is 24.3 Å². The molecular formula is C14H16N2O. The number of ether oxygens (including phenoxy) is 1. The summed E-state index contributed by atoms with van der Waals surface area (Å²) in [6.07, 6.45) is 2.61. The molecule has 2 rings (SSSR count). The van der Waals surface area contributed by atoms with Crippen molar-refractivity contribution in [1.82, 2.24) is 4.98 Å². The van der Waals surface area contributed by atoms with Crippen LogP contribution in [0.15, 0.2) is 42.6 Å². The molecule has 0 saturated heterocycles. The van der Waals surface area contributed by atoms with Crippen LogP contribution in [0, 0.1) is 0 Å². The Morgan fingerprint density at radius 2 is 1.88 bits per heavy atom. The van der Waals surface area contributed by atoms with Gasteiger partial charge in [0.15, 0.2) is 0 Å². The van der Waals surface area contributed by atoms with Gasteiger partial charge in [-0.2, -0.15) is 0 Å². The fourth-order valence-corrected chi connectivity index (χ4v) is 1.64. The minimum Gasteiger partial charge on any atom is -0.397 e. The highest BCUT2D eigenvalue weighted by Gasteiger charge is 1.99. The number of aromatic nitrogens is 1. The molecule has 0 fully saturated rings. The number of hydrogen-bond donors (Lipinski definition) is 1. The first kappa shape index (κ1) is 11.6. The van der Waals surface area contributed by atoms with Gasteiger partial charge in [0.2, 0.25) is 0 Å². The maximum absolute atomic E-state index is 5.61. The number of rotatable bonds is 4. The molecule has 1 aromatic heterocycles. The van der Waals surface area contributed by atoms with Crippen LogP contribution in [0.2, 0.25) is 0 Å². The lowest BCUT2D eigenvalue weighted by atomic mass is 10.1. The van der Waals surface area contributed by atoms with Crippen molar-refractivity contribution < 1.29 is 4.74 Å². The number of anilines is 1. The van der Waals surface area contributed by atoms with E-state index in [4.69, 9.17) is 10.5 Å². The number of methoxy groups -OCH3 is 1. The molecule has 2 N–H and O–H groups in total. The molecule has 0 spiro atoms. The SMILES string of the molecule is COCCc1ccc(-c2ccc(N)cn2)cc1. The van der Waals surface area contributed by atoms with Crippen LogP contribution >= 0.6 is 0 Å². The van der Waals surface area contributed by atoms with Gasteiger partial charge in [0.25, 0.3) is 0 Å². The molecule has 3 heteroatoms. The first-order valence-electron chi connectivity index (χ1n) is 5.59. The lowest BCUT2D eigenvalue weighted by Crippen LogP contribution is -1.94. The highest BCUT2D eigenvalue weighted by molar-refractivity contribution is 5.60. The van der Waals surface area contributed by atoms with Gasteiger partial charge in [0.1, 0.15) is 0 Å². The summed E-state index contributed by atoms with van der Waals surface area (Å²) in [5.41, 5.74) is 9.61. The highest BCUT2D eigenvalue weighted by Crippen LogP contribution is 2.18. The molecule has 0 atom stereocenters. The molecule has 0 unspecified atom stereocenters. The molecule has 0 bridgehead atoms. The van der Waals surface area contributed by atoms with Crippen molar-refractivity contribution in [3.8, 4) is 11.3 Å². The van der Waals surface area contributed by atoms with Crippen molar-refractivity contribution in [3.63, 3.8) is 0 Å². The summed E-state index contributed by atoms with van der Waals surface area (Å²) in [4.78, 5) is 4.29. The van der Waals surface area contributed by atoms with Crippen molar-refractivity contribution in [3.05, 3.63) is 48.2 Å². The summed E-state index contributed by atoms with van der Waals surface area (Å²) in [5.74, 6) is 0. The van der Waals surface area contributed by atoms with Crippen molar-refractivity contribution in [2.45, 2.75) is 6.42 Å². The zero-order chi connectivity index (χ0) is 12.1. The minimum atomic E-state index is 0.686. The number of nitrogens with zero attached hydrogens (tertiary/aromatic N) is 1. The lowest BCUT2D eigenvalue weighted by Gasteiger charge is -2.04. The quantitative estimate of drug-likeness (QED) is 0.874. The number of benzene rings is 1. The van der Waals surface area contributed by atoms with Crippen LogP contribution in [0.3, 0.4) is 0 Å². The lowest BCUT2D eigenvalue weighted by molar-refractivity contribution is 0.202. The predicted octanol–water partition coefficient (Wildman–Crippen LogP) is 2.52. The second kappa shape index (κ2) is 5.46. The number of nitrogen functional groups attached to an aromatic ring is 1. The Kier molecular flexibility index (Phi) is 3.73. The smallest absolute Gasteiger partial charge is 0.0703 e. The zero-order valence-corrected chi connectivity index (χ0v) is 9.89. The molecule has 0 aliphatic carbocycles. The first-order valence-corrected chi connectivity index (χ1v) is 5.59. The van der Waals surface area contributed by atoms with Gasteiger partial charge in [0, 0.05) is 12.7 Å². The van der Waals surface area contributed by atoms with E-state index in [-0.39, 0.29) is 0 Å². The van der Waals surface area contributed by atoms with Crippen LogP contribution in [0.5, 0.6) is 0 Å². The summed E-state index contributed by atoms with van der Waals surface area (Å²) in [5, 5.41) is 0. The minimum absolute atomic E-state index is 0.686. The fourth-order valence-electron chi connectivity index (χ4n) is 1.64. The monoisotopic (exact) mass is 228 g/mol. The van der Waals surface area contributed by atoms with E-state index in [1.54, 1.807) is 13.3 Å². The molecular weight excluding hydrogens is 212 g/mol. The van der Waals surface area contributed by atoms with Crippen LogP contribution in [-0.2, 0) is 11.2 Å². The molecule has 1 heterocycles. The molecule has 0 saturated carbocycles. The summed E-state index contributed by atoms with van der Waals surface area (Å²) < 4.78 is 5.05. The van der Waals surface area contributed by atoms with Crippen LogP contribution in [0.4, 0.5) is 5.69 Å². The number of pyridine rings is 1. The largest absolute Gasteiger partial charge is 0.397 e. The Balaban J connectivity index is 2.14. The third-order valence-electron chi connectivity index (χ3n) is 2.63. The van der Waals surface area contributed by atoms with Crippen molar-refractivity contribution in [1.29, 1.82) is 0 Å². The van der Waals surface area contributed by atoms with E-state index in [1.165, 1.54) is 5.56 Å². The second-order valence-corrected chi connectivity index (χ2v) is 3.92. The van der Waals surface area contributed by atoms with Crippen LogP contribution in [-0.4, -0.2) is 18.7 Å².